The van der Waals surface area contributed by atoms with Gasteiger partial charge in [-0.15, -0.1) is 0 Å². The smallest absolute Gasteiger partial charge is 0.0597 e. The summed E-state index contributed by atoms with van der Waals surface area (Å²) < 4.78 is 2.08. The van der Waals surface area contributed by atoms with Crippen LogP contribution in [0.5, 0.6) is 0 Å². The fourth-order valence-corrected chi connectivity index (χ4v) is 2.41. The summed E-state index contributed by atoms with van der Waals surface area (Å²) in [5.74, 6) is 0. The molecule has 0 bridgehead atoms. The van der Waals surface area contributed by atoms with Crippen LogP contribution in [0.25, 0.3) is 0 Å². The quantitative estimate of drug-likeness (QED) is 0.831. The maximum Gasteiger partial charge on any atom is 0.0597 e. The molecule has 0 saturated carbocycles. The van der Waals surface area contributed by atoms with Crippen LogP contribution in [-0.2, 0) is 13.1 Å². The van der Waals surface area contributed by atoms with Gasteiger partial charge in [0.05, 0.1) is 11.4 Å². The molecule has 1 aliphatic rings. The second-order valence-electron chi connectivity index (χ2n) is 4.95. The minimum atomic E-state index is 0.0616. The number of aryl methyl sites for hydroxylation is 2. The lowest BCUT2D eigenvalue weighted by atomic mass is 9.88. The van der Waals surface area contributed by atoms with Crippen LogP contribution >= 0.6 is 0 Å². The van der Waals surface area contributed by atoms with Gasteiger partial charge >= 0.3 is 0 Å². The predicted molar refractivity (Wildman–Crippen MR) is 65.1 cm³/mol. The first kappa shape index (κ1) is 11.6. The second kappa shape index (κ2) is 4.18. The average Bonchev–Trinajstić information content (AvgIpc) is 2.56. The molecule has 0 spiro atoms. The van der Waals surface area contributed by atoms with Gasteiger partial charge in [0.15, 0.2) is 0 Å². The van der Waals surface area contributed by atoms with Crippen molar-refractivity contribution in [1.82, 2.24) is 14.7 Å². The third-order valence-electron chi connectivity index (χ3n) is 3.45. The van der Waals surface area contributed by atoms with E-state index in [0.717, 1.165) is 38.3 Å². The van der Waals surface area contributed by atoms with Crippen molar-refractivity contribution >= 4 is 0 Å². The highest BCUT2D eigenvalue weighted by Gasteiger charge is 2.37. The lowest BCUT2D eigenvalue weighted by Gasteiger charge is -2.47. The van der Waals surface area contributed by atoms with Crippen LogP contribution < -0.4 is 5.73 Å². The summed E-state index contributed by atoms with van der Waals surface area (Å²) in [5.41, 5.74) is 8.63. The first-order valence-corrected chi connectivity index (χ1v) is 6.11. The van der Waals surface area contributed by atoms with Crippen LogP contribution in [-0.4, -0.2) is 33.3 Å². The Morgan fingerprint density at radius 1 is 1.44 bits per heavy atom. The largest absolute Gasteiger partial charge is 0.323 e. The van der Waals surface area contributed by atoms with Gasteiger partial charge in [0.1, 0.15) is 0 Å². The number of hydrogen-bond donors (Lipinski definition) is 1. The number of nitrogens with zero attached hydrogens (tertiary/aromatic N) is 3. The number of likely N-dealkylation sites (tertiary alicyclic amines) is 1. The van der Waals surface area contributed by atoms with Gasteiger partial charge in [0.2, 0.25) is 0 Å². The molecule has 1 aromatic rings. The third-order valence-corrected chi connectivity index (χ3v) is 3.45. The molecule has 1 aliphatic heterocycles. The molecule has 0 amide bonds. The summed E-state index contributed by atoms with van der Waals surface area (Å²) in [5, 5.41) is 4.46. The van der Waals surface area contributed by atoms with E-state index in [1.165, 1.54) is 5.69 Å². The zero-order valence-corrected chi connectivity index (χ0v) is 10.5. The van der Waals surface area contributed by atoms with Gasteiger partial charge in [-0.3, -0.25) is 9.58 Å². The van der Waals surface area contributed by atoms with Crippen molar-refractivity contribution in [3.05, 3.63) is 17.5 Å². The summed E-state index contributed by atoms with van der Waals surface area (Å²) >= 11 is 0. The van der Waals surface area contributed by atoms with E-state index in [1.54, 1.807) is 0 Å². The SMILES string of the molecule is CCn1nc(C)cc1CN1CC(N)(CC)C1. The maximum atomic E-state index is 6.16. The van der Waals surface area contributed by atoms with E-state index in [0.29, 0.717) is 0 Å². The Kier molecular flexibility index (Phi) is 3.04. The average molecular weight is 222 g/mol. The molecule has 16 heavy (non-hydrogen) atoms. The number of aromatic nitrogens is 2. The van der Waals surface area contributed by atoms with E-state index in [-0.39, 0.29) is 5.54 Å². The Bertz CT molecular complexity index is 363. The zero-order valence-electron chi connectivity index (χ0n) is 10.5. The molecule has 4 nitrogen and oxygen atoms in total. The number of hydrogen-bond acceptors (Lipinski definition) is 3. The standard InChI is InChI=1S/C12H22N4/c1-4-12(13)8-15(9-12)7-11-6-10(3)14-16(11)5-2/h6H,4-5,7-9,13H2,1-3H3. The van der Waals surface area contributed by atoms with Gasteiger partial charge in [0.25, 0.3) is 0 Å². The van der Waals surface area contributed by atoms with Gasteiger partial charge < -0.3 is 5.73 Å². The van der Waals surface area contributed by atoms with Gasteiger partial charge in [-0.2, -0.15) is 5.10 Å². The Morgan fingerprint density at radius 3 is 2.69 bits per heavy atom. The fraction of sp³-hybridized carbons (Fsp3) is 0.750. The molecular formula is C12H22N4. The van der Waals surface area contributed by atoms with Crippen molar-refractivity contribution in [3.63, 3.8) is 0 Å². The predicted octanol–water partition coefficient (Wildman–Crippen LogP) is 1.13. The van der Waals surface area contributed by atoms with Crippen LogP contribution in [0.1, 0.15) is 31.7 Å². The minimum absolute atomic E-state index is 0.0616. The van der Waals surface area contributed by atoms with Crippen LogP contribution in [0.2, 0.25) is 0 Å². The summed E-state index contributed by atoms with van der Waals surface area (Å²) in [7, 11) is 0. The first-order chi connectivity index (χ1) is 7.56. The maximum absolute atomic E-state index is 6.16. The van der Waals surface area contributed by atoms with Crippen molar-refractivity contribution in [2.75, 3.05) is 13.1 Å². The van der Waals surface area contributed by atoms with Crippen LogP contribution in [0.15, 0.2) is 6.07 Å². The highest BCUT2D eigenvalue weighted by Crippen LogP contribution is 2.23. The second-order valence-corrected chi connectivity index (χ2v) is 4.95. The lowest BCUT2D eigenvalue weighted by molar-refractivity contribution is 0.0582. The summed E-state index contributed by atoms with van der Waals surface area (Å²) in [6, 6.07) is 2.17. The molecule has 0 unspecified atom stereocenters. The molecule has 4 heteroatoms. The van der Waals surface area contributed by atoms with Gasteiger partial charge in [-0.1, -0.05) is 6.92 Å². The van der Waals surface area contributed by atoms with Crippen molar-refractivity contribution in [3.8, 4) is 0 Å². The molecule has 0 radical (unpaired) electrons. The molecule has 2 rings (SSSR count). The van der Waals surface area contributed by atoms with Crippen molar-refractivity contribution < 1.29 is 0 Å². The topological polar surface area (TPSA) is 47.1 Å². The highest BCUT2D eigenvalue weighted by molar-refractivity contribution is 5.11. The Labute approximate surface area is 97.4 Å². The van der Waals surface area contributed by atoms with Crippen LogP contribution in [0.3, 0.4) is 0 Å². The van der Waals surface area contributed by atoms with E-state index in [9.17, 15) is 0 Å². The Balaban J connectivity index is 1.96. The molecule has 1 saturated heterocycles. The van der Waals surface area contributed by atoms with E-state index >= 15 is 0 Å². The number of rotatable bonds is 4. The Morgan fingerprint density at radius 2 is 2.12 bits per heavy atom. The molecule has 2 heterocycles. The van der Waals surface area contributed by atoms with Crippen molar-refractivity contribution in [1.29, 1.82) is 0 Å². The van der Waals surface area contributed by atoms with E-state index in [4.69, 9.17) is 5.73 Å². The summed E-state index contributed by atoms with van der Waals surface area (Å²) in [4.78, 5) is 2.39. The number of nitrogens with two attached hydrogens (primary N) is 1. The van der Waals surface area contributed by atoms with Crippen LogP contribution in [0, 0.1) is 6.92 Å². The molecule has 0 atom stereocenters. The van der Waals surface area contributed by atoms with Gasteiger partial charge in [-0.25, -0.2) is 0 Å². The molecule has 2 N–H and O–H groups in total. The first-order valence-electron chi connectivity index (χ1n) is 6.11. The monoisotopic (exact) mass is 222 g/mol. The molecule has 0 aliphatic carbocycles. The van der Waals surface area contributed by atoms with Crippen LogP contribution in [0.4, 0.5) is 0 Å². The zero-order chi connectivity index (χ0) is 11.8. The normalized spacial score (nSPS) is 19.8. The lowest BCUT2D eigenvalue weighted by Crippen LogP contribution is -2.66. The van der Waals surface area contributed by atoms with Gasteiger partial charge in [-0.05, 0) is 26.3 Å². The molecule has 1 fully saturated rings. The van der Waals surface area contributed by atoms with Crippen molar-refractivity contribution in [2.24, 2.45) is 5.73 Å². The molecular weight excluding hydrogens is 200 g/mol. The molecule has 1 aromatic heterocycles. The van der Waals surface area contributed by atoms with E-state index in [1.807, 2.05) is 6.92 Å². The fourth-order valence-electron chi connectivity index (χ4n) is 2.41. The van der Waals surface area contributed by atoms with Gasteiger partial charge in [0, 0.05) is 31.7 Å². The summed E-state index contributed by atoms with van der Waals surface area (Å²) in [6.45, 7) is 10.3. The molecule has 0 aromatic carbocycles. The molecule has 90 valence electrons. The summed E-state index contributed by atoms with van der Waals surface area (Å²) in [6.07, 6.45) is 1.07. The van der Waals surface area contributed by atoms with Crippen molar-refractivity contribution in [2.45, 2.75) is 45.8 Å². The highest BCUT2D eigenvalue weighted by atomic mass is 15.3. The minimum Gasteiger partial charge on any atom is -0.323 e. The van der Waals surface area contributed by atoms with E-state index in [2.05, 4.69) is 34.6 Å². The van der Waals surface area contributed by atoms with E-state index < -0.39 is 0 Å². The Hall–Kier alpha value is -0.870. The third kappa shape index (κ3) is 2.13.